The summed E-state index contributed by atoms with van der Waals surface area (Å²) >= 11 is 0. The van der Waals surface area contributed by atoms with Crippen LogP contribution in [-0.2, 0) is 14.8 Å². The highest BCUT2D eigenvalue weighted by molar-refractivity contribution is 7.89. The predicted octanol–water partition coefficient (Wildman–Crippen LogP) is 0.583. The summed E-state index contributed by atoms with van der Waals surface area (Å²) in [5.74, 6) is -0.332. The van der Waals surface area contributed by atoms with Gasteiger partial charge in [-0.1, -0.05) is 19.3 Å². The van der Waals surface area contributed by atoms with Crippen molar-refractivity contribution in [2.45, 2.75) is 43.0 Å². The molecule has 1 aliphatic carbocycles. The molecule has 0 saturated heterocycles. The molecule has 1 amide bonds. The van der Waals surface area contributed by atoms with Crippen LogP contribution >= 0.6 is 0 Å². The van der Waals surface area contributed by atoms with Gasteiger partial charge in [0.1, 0.15) is 0 Å². The zero-order valence-corrected chi connectivity index (χ0v) is 13.9. The number of carbonyl (C=O) groups excluding carboxylic acids is 1. The number of H-pyrrole nitrogens is 2. The van der Waals surface area contributed by atoms with Gasteiger partial charge in [0, 0.05) is 6.04 Å². The van der Waals surface area contributed by atoms with Crippen LogP contribution in [0.4, 0.5) is 0 Å². The number of nitrogens with one attached hydrogen (secondary N) is 4. The summed E-state index contributed by atoms with van der Waals surface area (Å²) in [4.78, 5) is 28.2. The van der Waals surface area contributed by atoms with E-state index in [1.54, 1.807) is 0 Å². The van der Waals surface area contributed by atoms with E-state index in [1.807, 2.05) is 0 Å². The van der Waals surface area contributed by atoms with Crippen LogP contribution in [0.3, 0.4) is 0 Å². The minimum absolute atomic E-state index is 0.00397. The molecule has 8 nitrogen and oxygen atoms in total. The summed E-state index contributed by atoms with van der Waals surface area (Å²) in [6.45, 7) is -0.305. The Kier molecular flexibility index (Phi) is 4.72. The van der Waals surface area contributed by atoms with Gasteiger partial charge in [0.2, 0.25) is 15.9 Å². The van der Waals surface area contributed by atoms with Crippen molar-refractivity contribution >= 4 is 27.0 Å². The molecule has 24 heavy (non-hydrogen) atoms. The van der Waals surface area contributed by atoms with Crippen LogP contribution in [0, 0.1) is 0 Å². The maximum Gasteiger partial charge on any atom is 0.323 e. The molecule has 0 bridgehead atoms. The predicted molar refractivity (Wildman–Crippen MR) is 89.1 cm³/mol. The lowest BCUT2D eigenvalue weighted by Crippen LogP contribution is -2.42. The molecule has 9 heteroatoms. The molecule has 4 N–H and O–H groups in total. The molecule has 1 fully saturated rings. The summed E-state index contributed by atoms with van der Waals surface area (Å²) in [5.41, 5.74) is 0.517. The summed E-state index contributed by atoms with van der Waals surface area (Å²) in [6, 6.07) is 4.38. The quantitative estimate of drug-likeness (QED) is 0.628. The van der Waals surface area contributed by atoms with Crippen LogP contribution in [0.1, 0.15) is 32.1 Å². The molecular formula is C15H20N4O4S. The Morgan fingerprint density at radius 2 is 1.83 bits per heavy atom. The average Bonchev–Trinajstić information content (AvgIpc) is 2.93. The average molecular weight is 352 g/mol. The van der Waals surface area contributed by atoms with Gasteiger partial charge in [-0.3, -0.25) is 4.79 Å². The third-order valence-electron chi connectivity index (χ3n) is 4.19. The summed E-state index contributed by atoms with van der Waals surface area (Å²) < 4.78 is 26.9. The SMILES string of the molecule is O=C(CNS(=O)(=O)c1ccc2[nH]c(=O)[nH]c2c1)NC1CCCCC1. The molecule has 0 aliphatic heterocycles. The van der Waals surface area contributed by atoms with E-state index in [4.69, 9.17) is 0 Å². The summed E-state index contributed by atoms with van der Waals surface area (Å²) in [6.07, 6.45) is 5.24. The molecule has 1 saturated carbocycles. The topological polar surface area (TPSA) is 124 Å². The number of sulfonamides is 1. The largest absolute Gasteiger partial charge is 0.352 e. The number of carbonyl (C=O) groups is 1. The van der Waals surface area contributed by atoms with Gasteiger partial charge in [-0.2, -0.15) is 0 Å². The van der Waals surface area contributed by atoms with E-state index in [1.165, 1.54) is 24.6 Å². The van der Waals surface area contributed by atoms with Crippen molar-refractivity contribution in [2.75, 3.05) is 6.54 Å². The van der Waals surface area contributed by atoms with Crippen molar-refractivity contribution in [1.82, 2.24) is 20.0 Å². The Balaban J connectivity index is 1.63. The maximum atomic E-state index is 12.3. The van der Waals surface area contributed by atoms with E-state index in [2.05, 4.69) is 20.0 Å². The van der Waals surface area contributed by atoms with Crippen LogP contribution in [0.25, 0.3) is 11.0 Å². The van der Waals surface area contributed by atoms with Crippen molar-refractivity contribution < 1.29 is 13.2 Å². The van der Waals surface area contributed by atoms with Crippen molar-refractivity contribution in [3.63, 3.8) is 0 Å². The Hall–Kier alpha value is -2.13. The van der Waals surface area contributed by atoms with Gasteiger partial charge in [-0.05, 0) is 31.0 Å². The molecule has 0 unspecified atom stereocenters. The number of aromatic nitrogens is 2. The number of hydrogen-bond acceptors (Lipinski definition) is 4. The van der Waals surface area contributed by atoms with Crippen molar-refractivity contribution in [3.05, 3.63) is 28.7 Å². The molecule has 1 aliphatic rings. The van der Waals surface area contributed by atoms with E-state index < -0.39 is 15.7 Å². The highest BCUT2D eigenvalue weighted by atomic mass is 32.2. The van der Waals surface area contributed by atoms with Crippen LogP contribution in [0.2, 0.25) is 0 Å². The number of fused-ring (bicyclic) bond motifs is 1. The molecule has 0 spiro atoms. The van der Waals surface area contributed by atoms with Gasteiger partial charge in [-0.15, -0.1) is 0 Å². The number of aromatic amines is 2. The standard InChI is InChI=1S/C15H20N4O4S/c20-14(17-10-4-2-1-3-5-10)9-16-24(22,23)11-6-7-12-13(8-11)19-15(21)18-12/h6-8,10,16H,1-5,9H2,(H,17,20)(H2,18,19,21). The normalized spacial score (nSPS) is 16.3. The first-order chi connectivity index (χ1) is 11.4. The molecular weight excluding hydrogens is 332 g/mol. The molecule has 1 heterocycles. The number of benzene rings is 1. The maximum absolute atomic E-state index is 12.3. The van der Waals surface area contributed by atoms with Gasteiger partial charge in [0.05, 0.1) is 22.5 Å². The fourth-order valence-corrected chi connectivity index (χ4v) is 3.96. The molecule has 130 valence electrons. The molecule has 2 aromatic rings. The van der Waals surface area contributed by atoms with Gasteiger partial charge in [0.15, 0.2) is 0 Å². The number of imidazole rings is 1. The second kappa shape index (κ2) is 6.78. The van der Waals surface area contributed by atoms with Gasteiger partial charge >= 0.3 is 5.69 Å². The van der Waals surface area contributed by atoms with Gasteiger partial charge in [0.25, 0.3) is 0 Å². The Morgan fingerprint density at radius 3 is 2.58 bits per heavy atom. The first-order valence-corrected chi connectivity index (χ1v) is 9.43. The van der Waals surface area contributed by atoms with Crippen LogP contribution in [0.5, 0.6) is 0 Å². The minimum Gasteiger partial charge on any atom is -0.352 e. The van der Waals surface area contributed by atoms with E-state index in [9.17, 15) is 18.0 Å². The smallest absolute Gasteiger partial charge is 0.323 e. The zero-order chi connectivity index (χ0) is 17.2. The molecule has 1 aromatic carbocycles. The molecule has 3 rings (SSSR count). The number of amides is 1. The molecule has 0 atom stereocenters. The third-order valence-corrected chi connectivity index (χ3v) is 5.59. The first kappa shape index (κ1) is 16.7. The van der Waals surface area contributed by atoms with Crippen molar-refractivity contribution in [3.8, 4) is 0 Å². The second-order valence-electron chi connectivity index (χ2n) is 6.01. The van der Waals surface area contributed by atoms with E-state index in [0.29, 0.717) is 11.0 Å². The Labute approximate surface area is 139 Å². The number of hydrogen-bond donors (Lipinski definition) is 4. The van der Waals surface area contributed by atoms with E-state index in [-0.39, 0.29) is 23.4 Å². The van der Waals surface area contributed by atoms with E-state index >= 15 is 0 Å². The summed E-state index contributed by atoms with van der Waals surface area (Å²) in [5, 5.41) is 2.86. The second-order valence-corrected chi connectivity index (χ2v) is 7.78. The monoisotopic (exact) mass is 352 g/mol. The van der Waals surface area contributed by atoms with E-state index in [0.717, 1.165) is 25.7 Å². The van der Waals surface area contributed by atoms with Crippen LogP contribution in [-0.4, -0.2) is 36.9 Å². The van der Waals surface area contributed by atoms with Crippen LogP contribution < -0.4 is 15.7 Å². The minimum atomic E-state index is -3.83. The molecule has 0 radical (unpaired) electrons. The van der Waals surface area contributed by atoms with Gasteiger partial charge in [-0.25, -0.2) is 17.9 Å². The van der Waals surface area contributed by atoms with Crippen LogP contribution in [0.15, 0.2) is 27.9 Å². The van der Waals surface area contributed by atoms with Crippen molar-refractivity contribution in [1.29, 1.82) is 0 Å². The first-order valence-electron chi connectivity index (χ1n) is 7.95. The third kappa shape index (κ3) is 3.85. The lowest BCUT2D eigenvalue weighted by Gasteiger charge is -2.22. The lowest BCUT2D eigenvalue weighted by atomic mass is 9.95. The molecule has 1 aromatic heterocycles. The summed E-state index contributed by atoms with van der Waals surface area (Å²) in [7, 11) is -3.83. The highest BCUT2D eigenvalue weighted by Gasteiger charge is 2.19. The highest BCUT2D eigenvalue weighted by Crippen LogP contribution is 2.17. The van der Waals surface area contributed by atoms with Crippen molar-refractivity contribution in [2.24, 2.45) is 0 Å². The Bertz CT molecular complexity index is 894. The fraction of sp³-hybridized carbons (Fsp3) is 0.467. The lowest BCUT2D eigenvalue weighted by molar-refractivity contribution is -0.120. The fourth-order valence-electron chi connectivity index (χ4n) is 2.95. The Morgan fingerprint density at radius 1 is 1.12 bits per heavy atom. The number of rotatable bonds is 5. The van der Waals surface area contributed by atoms with Gasteiger partial charge < -0.3 is 15.3 Å². The zero-order valence-electron chi connectivity index (χ0n) is 13.1.